The van der Waals surface area contributed by atoms with Crippen molar-refractivity contribution >= 4 is 46.7 Å². The lowest BCUT2D eigenvalue weighted by molar-refractivity contribution is -0.139. The van der Waals surface area contributed by atoms with E-state index in [1.165, 1.54) is 11.3 Å². The van der Waals surface area contributed by atoms with Gasteiger partial charge in [0.1, 0.15) is 11.5 Å². The third-order valence-electron chi connectivity index (χ3n) is 5.96. The maximum absolute atomic E-state index is 13.7. The van der Waals surface area contributed by atoms with E-state index in [9.17, 15) is 9.59 Å². The van der Waals surface area contributed by atoms with E-state index >= 15 is 0 Å². The van der Waals surface area contributed by atoms with Gasteiger partial charge in [-0.1, -0.05) is 47.2 Å². The van der Waals surface area contributed by atoms with Crippen molar-refractivity contribution < 1.29 is 13.9 Å². The Bertz CT molecular complexity index is 1700. The predicted octanol–water partition coefficient (Wildman–Crippen LogP) is 5.43. The summed E-state index contributed by atoms with van der Waals surface area (Å²) in [5.74, 6) is 0.699. The molecule has 4 aromatic rings. The van der Waals surface area contributed by atoms with E-state index in [4.69, 9.17) is 20.8 Å². The average Bonchev–Trinajstić information content (AvgIpc) is 3.48. The first-order valence-electron chi connectivity index (χ1n) is 11.6. The van der Waals surface area contributed by atoms with Gasteiger partial charge < -0.3 is 9.15 Å². The molecule has 2 aromatic heterocycles. The van der Waals surface area contributed by atoms with Crippen LogP contribution in [0.15, 0.2) is 91.0 Å². The third kappa shape index (κ3) is 4.97. The molecule has 1 atom stereocenters. The summed E-state index contributed by atoms with van der Waals surface area (Å²) in [6, 6.07) is 18.2. The van der Waals surface area contributed by atoms with Gasteiger partial charge in [-0.25, -0.2) is 9.79 Å². The first-order chi connectivity index (χ1) is 17.9. The van der Waals surface area contributed by atoms with Gasteiger partial charge in [-0.15, -0.1) is 11.8 Å². The van der Waals surface area contributed by atoms with Crippen LogP contribution in [0.1, 0.15) is 31.2 Å². The van der Waals surface area contributed by atoms with Crippen molar-refractivity contribution in [3.63, 3.8) is 0 Å². The van der Waals surface area contributed by atoms with Crippen LogP contribution >= 0.6 is 34.7 Å². The van der Waals surface area contributed by atoms with Gasteiger partial charge in [-0.05, 0) is 62.1 Å². The number of hydrogen-bond acceptors (Lipinski definition) is 7. The number of nitrogens with zero attached hydrogens (tertiary/aromatic N) is 2. The Balaban J connectivity index is 1.63. The summed E-state index contributed by atoms with van der Waals surface area (Å²) in [6.07, 6.45) is 3.70. The van der Waals surface area contributed by atoms with Crippen LogP contribution in [0.2, 0.25) is 5.02 Å². The van der Waals surface area contributed by atoms with Crippen molar-refractivity contribution in [2.24, 2.45) is 4.99 Å². The Morgan fingerprint density at radius 1 is 1.22 bits per heavy atom. The Hall–Kier alpha value is -3.33. The van der Waals surface area contributed by atoms with Crippen LogP contribution in [0, 0.1) is 0 Å². The van der Waals surface area contributed by atoms with E-state index in [2.05, 4.69) is 4.99 Å². The number of fused-ring (bicyclic) bond motifs is 1. The van der Waals surface area contributed by atoms with Crippen molar-refractivity contribution in [1.82, 2.24) is 4.57 Å². The highest BCUT2D eigenvalue weighted by atomic mass is 35.5. The number of halogens is 1. The maximum atomic E-state index is 13.7. The van der Waals surface area contributed by atoms with Gasteiger partial charge in [-0.2, -0.15) is 0 Å². The summed E-state index contributed by atoms with van der Waals surface area (Å²) >= 11 is 9.00. The molecule has 2 aromatic carbocycles. The summed E-state index contributed by atoms with van der Waals surface area (Å²) in [5, 5.41) is 0.613. The Morgan fingerprint density at radius 2 is 2.00 bits per heavy atom. The molecule has 9 heteroatoms. The lowest BCUT2D eigenvalue weighted by Crippen LogP contribution is -2.39. The molecule has 0 radical (unpaired) electrons. The normalized spacial score (nSPS) is 15.5. The Kier molecular flexibility index (Phi) is 7.24. The molecule has 5 rings (SSSR count). The number of carbonyl (C=O) groups excluding carboxylic acids is 1. The molecule has 0 N–H and O–H groups in total. The molecular formula is C28H23ClN2O4S2. The lowest BCUT2D eigenvalue weighted by Gasteiger charge is -2.24. The summed E-state index contributed by atoms with van der Waals surface area (Å²) in [6.45, 7) is 3.76. The number of benzene rings is 2. The quantitative estimate of drug-likeness (QED) is 0.236. The fourth-order valence-electron chi connectivity index (χ4n) is 4.25. The van der Waals surface area contributed by atoms with E-state index in [1.807, 2.05) is 60.9 Å². The highest BCUT2D eigenvalue weighted by molar-refractivity contribution is 7.98. The molecule has 1 aliphatic rings. The fourth-order valence-corrected chi connectivity index (χ4v) is 5.87. The van der Waals surface area contributed by atoms with Crippen LogP contribution in [0.4, 0.5) is 0 Å². The van der Waals surface area contributed by atoms with E-state index in [1.54, 1.807) is 42.3 Å². The Morgan fingerprint density at radius 3 is 2.70 bits per heavy atom. The zero-order valence-electron chi connectivity index (χ0n) is 20.4. The van der Waals surface area contributed by atoms with Gasteiger partial charge in [0.25, 0.3) is 5.56 Å². The number of hydrogen-bond donors (Lipinski definition) is 0. The van der Waals surface area contributed by atoms with E-state index in [0.29, 0.717) is 37.1 Å². The van der Waals surface area contributed by atoms with E-state index < -0.39 is 12.0 Å². The van der Waals surface area contributed by atoms with Gasteiger partial charge >= 0.3 is 5.97 Å². The number of thioether (sulfide) groups is 1. The molecule has 3 heterocycles. The van der Waals surface area contributed by atoms with Gasteiger partial charge in [0.2, 0.25) is 0 Å². The minimum atomic E-state index is -0.646. The maximum Gasteiger partial charge on any atom is 0.338 e. The van der Waals surface area contributed by atoms with Crippen molar-refractivity contribution in [2.45, 2.75) is 24.8 Å². The van der Waals surface area contributed by atoms with Crippen molar-refractivity contribution in [3.05, 3.63) is 108 Å². The van der Waals surface area contributed by atoms with Gasteiger partial charge in [0, 0.05) is 21.6 Å². The van der Waals surface area contributed by atoms with Crippen LogP contribution in [0.5, 0.6) is 0 Å². The highest BCUT2D eigenvalue weighted by Gasteiger charge is 2.33. The number of aromatic nitrogens is 1. The topological polar surface area (TPSA) is 73.8 Å². The number of furan rings is 1. The summed E-state index contributed by atoms with van der Waals surface area (Å²) in [4.78, 5) is 32.9. The molecular weight excluding hydrogens is 528 g/mol. The van der Waals surface area contributed by atoms with Crippen molar-refractivity contribution in [3.8, 4) is 11.3 Å². The van der Waals surface area contributed by atoms with Gasteiger partial charge in [0.05, 0.1) is 28.5 Å². The van der Waals surface area contributed by atoms with Crippen LogP contribution in [-0.2, 0) is 9.53 Å². The number of allylic oxidation sites excluding steroid dienone is 1. The minimum Gasteiger partial charge on any atom is -0.463 e. The molecule has 37 heavy (non-hydrogen) atoms. The molecule has 0 saturated heterocycles. The van der Waals surface area contributed by atoms with Crippen molar-refractivity contribution in [2.75, 3.05) is 12.9 Å². The standard InChI is InChI=1S/C28H23ClN2O4S2/c1-4-34-27(33)24-16(2)30-28-31(25(24)17-8-11-21(36-3)12-9-17)26(32)23(37-28)15-20-10-13-22(35-20)18-6-5-7-19(29)14-18/h5-15,25H,4H2,1-3H3/b23-15-/t25-/m0/s1. The Labute approximate surface area is 226 Å². The molecule has 0 spiro atoms. The lowest BCUT2D eigenvalue weighted by atomic mass is 9.96. The van der Waals surface area contributed by atoms with E-state index in [-0.39, 0.29) is 12.2 Å². The van der Waals surface area contributed by atoms with Crippen LogP contribution in [-0.4, -0.2) is 23.4 Å². The minimum absolute atomic E-state index is 0.228. The molecule has 0 unspecified atom stereocenters. The highest BCUT2D eigenvalue weighted by Crippen LogP contribution is 2.32. The molecule has 6 nitrogen and oxygen atoms in total. The van der Waals surface area contributed by atoms with E-state index in [0.717, 1.165) is 16.0 Å². The van der Waals surface area contributed by atoms with Crippen molar-refractivity contribution in [1.29, 1.82) is 0 Å². The van der Waals surface area contributed by atoms with Crippen LogP contribution < -0.4 is 14.9 Å². The first kappa shape index (κ1) is 25.3. The zero-order chi connectivity index (χ0) is 26.1. The largest absolute Gasteiger partial charge is 0.463 e. The second kappa shape index (κ2) is 10.6. The molecule has 0 saturated carbocycles. The van der Waals surface area contributed by atoms with Gasteiger partial charge in [-0.3, -0.25) is 9.36 Å². The number of esters is 1. The average molecular weight is 551 g/mol. The summed E-state index contributed by atoms with van der Waals surface area (Å²) in [5.41, 5.74) is 2.30. The monoisotopic (exact) mass is 550 g/mol. The molecule has 1 aliphatic heterocycles. The SMILES string of the molecule is CCOC(=O)C1=C(C)N=c2s/c(=C\c3ccc(-c4cccc(Cl)c4)o3)c(=O)n2[C@H]1c1ccc(SC)cc1. The zero-order valence-corrected chi connectivity index (χ0v) is 22.7. The fraction of sp³-hybridized carbons (Fsp3) is 0.179. The summed E-state index contributed by atoms with van der Waals surface area (Å²) in [7, 11) is 0. The molecule has 0 fully saturated rings. The number of rotatable bonds is 6. The number of thiazole rings is 1. The smallest absolute Gasteiger partial charge is 0.338 e. The number of carbonyl (C=O) groups is 1. The van der Waals surface area contributed by atoms with Crippen LogP contribution in [0.25, 0.3) is 17.4 Å². The molecule has 188 valence electrons. The number of ether oxygens (including phenoxy) is 1. The summed E-state index contributed by atoms with van der Waals surface area (Å²) < 4.78 is 13.4. The van der Waals surface area contributed by atoms with Crippen LogP contribution in [0.3, 0.4) is 0 Å². The molecule has 0 aliphatic carbocycles. The third-order valence-corrected chi connectivity index (χ3v) is 7.92. The first-order valence-corrected chi connectivity index (χ1v) is 14.0. The molecule has 0 amide bonds. The second-order valence-electron chi connectivity index (χ2n) is 8.29. The van der Waals surface area contributed by atoms with Gasteiger partial charge in [0.15, 0.2) is 4.80 Å². The second-order valence-corrected chi connectivity index (χ2v) is 10.6. The molecule has 0 bridgehead atoms. The predicted molar refractivity (Wildman–Crippen MR) is 148 cm³/mol.